The molecule has 0 aliphatic carbocycles. The van der Waals surface area contributed by atoms with E-state index in [1.807, 2.05) is 19.9 Å². The smallest absolute Gasteiger partial charge is 0.290 e. The summed E-state index contributed by atoms with van der Waals surface area (Å²) in [6, 6.07) is 7.52. The third-order valence-corrected chi connectivity index (χ3v) is 4.96. The monoisotopic (exact) mass is 350 g/mol. The molecule has 2 atom stereocenters. The van der Waals surface area contributed by atoms with Gasteiger partial charge in [-0.05, 0) is 19.9 Å². The molecule has 24 heavy (non-hydrogen) atoms. The molecule has 0 bridgehead atoms. The van der Waals surface area contributed by atoms with Gasteiger partial charge in [-0.2, -0.15) is 0 Å². The third-order valence-electron chi connectivity index (χ3n) is 4.14. The third kappa shape index (κ3) is 3.47. The van der Waals surface area contributed by atoms with Gasteiger partial charge >= 0.3 is 0 Å². The maximum Gasteiger partial charge on any atom is 0.290 e. The normalized spacial score (nSPS) is 22.0. The lowest BCUT2D eigenvalue weighted by Gasteiger charge is -2.35. The summed E-state index contributed by atoms with van der Waals surface area (Å²) < 4.78 is 29.4. The van der Waals surface area contributed by atoms with Gasteiger partial charge in [-0.3, -0.25) is 4.79 Å². The zero-order valence-electron chi connectivity index (χ0n) is 14.1. The Bertz CT molecular complexity index is 862. The van der Waals surface area contributed by atoms with E-state index in [0.717, 1.165) is 6.26 Å². The number of hydrogen-bond donors (Lipinski definition) is 1. The predicted molar refractivity (Wildman–Crippen MR) is 92.7 cm³/mol. The van der Waals surface area contributed by atoms with Gasteiger partial charge in [0.05, 0.1) is 5.75 Å². The number of piperazine rings is 1. The quantitative estimate of drug-likeness (QED) is 0.913. The van der Waals surface area contributed by atoms with Crippen LogP contribution in [0, 0.1) is 0 Å². The summed E-state index contributed by atoms with van der Waals surface area (Å²) in [4.78, 5) is 14.7. The van der Waals surface area contributed by atoms with E-state index in [9.17, 15) is 13.2 Å². The Morgan fingerprint density at radius 3 is 2.50 bits per heavy atom. The zero-order chi connectivity index (χ0) is 17.5. The summed E-state index contributed by atoms with van der Waals surface area (Å²) in [6.07, 6.45) is 1.16. The van der Waals surface area contributed by atoms with E-state index in [2.05, 4.69) is 5.32 Å². The van der Waals surface area contributed by atoms with E-state index < -0.39 is 9.84 Å². The summed E-state index contributed by atoms with van der Waals surface area (Å²) in [5, 5.41) is 4.06. The largest absolute Gasteiger partial charge is 0.451 e. The van der Waals surface area contributed by atoms with Crippen molar-refractivity contribution in [2.75, 3.05) is 19.3 Å². The molecule has 0 saturated carbocycles. The Balaban J connectivity index is 2.04. The van der Waals surface area contributed by atoms with Gasteiger partial charge in [-0.1, -0.05) is 18.2 Å². The van der Waals surface area contributed by atoms with Crippen molar-refractivity contribution in [3.05, 3.63) is 35.6 Å². The summed E-state index contributed by atoms with van der Waals surface area (Å²) in [5.41, 5.74) is 0.993. The van der Waals surface area contributed by atoms with Crippen LogP contribution in [0.5, 0.6) is 0 Å². The molecule has 1 aromatic heterocycles. The van der Waals surface area contributed by atoms with Gasteiger partial charge in [-0.25, -0.2) is 8.42 Å². The number of amides is 1. The number of fused-ring (bicyclic) bond motifs is 1. The highest BCUT2D eigenvalue weighted by Gasteiger charge is 2.31. The molecule has 1 aromatic carbocycles. The second-order valence-electron chi connectivity index (χ2n) is 6.65. The molecular weight excluding hydrogens is 328 g/mol. The molecule has 6 nitrogen and oxygen atoms in total. The van der Waals surface area contributed by atoms with E-state index in [-0.39, 0.29) is 29.5 Å². The molecule has 1 aliphatic heterocycles. The minimum Gasteiger partial charge on any atom is -0.451 e. The topological polar surface area (TPSA) is 79.6 Å². The Kier molecular flexibility index (Phi) is 4.40. The first-order valence-electron chi connectivity index (χ1n) is 7.98. The van der Waals surface area contributed by atoms with Crippen LogP contribution in [0.3, 0.4) is 0 Å². The van der Waals surface area contributed by atoms with Crippen LogP contribution in [0.15, 0.2) is 28.7 Å². The number of carbonyl (C=O) groups excluding carboxylic acids is 1. The number of sulfone groups is 1. The van der Waals surface area contributed by atoms with Crippen LogP contribution in [-0.4, -0.2) is 50.7 Å². The van der Waals surface area contributed by atoms with Gasteiger partial charge in [0.2, 0.25) is 0 Å². The lowest BCUT2D eigenvalue weighted by molar-refractivity contribution is 0.0643. The molecule has 1 amide bonds. The van der Waals surface area contributed by atoms with Crippen LogP contribution in [0.2, 0.25) is 0 Å². The molecule has 1 N–H and O–H groups in total. The Hall–Kier alpha value is -1.86. The van der Waals surface area contributed by atoms with Crippen molar-refractivity contribution in [1.29, 1.82) is 0 Å². The lowest BCUT2D eigenvalue weighted by Crippen LogP contribution is -2.55. The number of hydrogen-bond acceptors (Lipinski definition) is 5. The molecule has 1 aliphatic rings. The SMILES string of the molecule is C[C@H]1CN(C(=O)c2oc3ccccc3c2CS(C)(=O)=O)C[C@H](C)N1. The maximum atomic E-state index is 13.0. The molecule has 1 saturated heterocycles. The number of nitrogens with one attached hydrogen (secondary N) is 1. The first-order valence-corrected chi connectivity index (χ1v) is 10.0. The van der Waals surface area contributed by atoms with Crippen molar-refractivity contribution in [1.82, 2.24) is 10.2 Å². The standard InChI is InChI=1S/C17H22N2O4S/c1-11-8-19(9-12(2)18-11)17(20)16-14(10-24(3,21)22)13-6-4-5-7-15(13)23-16/h4-7,11-12,18H,8-10H2,1-3H3/t11-,12-/m0/s1. The molecular formula is C17H22N2O4S. The molecule has 0 unspecified atom stereocenters. The second-order valence-corrected chi connectivity index (χ2v) is 8.80. The number of carbonyl (C=O) groups is 1. The van der Waals surface area contributed by atoms with E-state index >= 15 is 0 Å². The summed E-state index contributed by atoms with van der Waals surface area (Å²) in [7, 11) is -3.29. The van der Waals surface area contributed by atoms with Crippen molar-refractivity contribution in [2.45, 2.75) is 31.7 Å². The van der Waals surface area contributed by atoms with Crippen LogP contribution >= 0.6 is 0 Å². The number of rotatable bonds is 3. The lowest BCUT2D eigenvalue weighted by atomic mass is 10.1. The molecule has 7 heteroatoms. The Labute approximate surface area is 141 Å². The van der Waals surface area contributed by atoms with Gasteiger partial charge in [0, 0.05) is 42.4 Å². The summed E-state index contributed by atoms with van der Waals surface area (Å²) >= 11 is 0. The fraction of sp³-hybridized carbons (Fsp3) is 0.471. The second kappa shape index (κ2) is 6.22. The highest BCUT2D eigenvalue weighted by molar-refractivity contribution is 7.89. The average molecular weight is 350 g/mol. The fourth-order valence-corrected chi connectivity index (χ4v) is 4.12. The van der Waals surface area contributed by atoms with E-state index in [0.29, 0.717) is 29.6 Å². The Morgan fingerprint density at radius 2 is 1.88 bits per heavy atom. The van der Waals surface area contributed by atoms with Gasteiger partial charge in [-0.15, -0.1) is 0 Å². The highest BCUT2D eigenvalue weighted by atomic mass is 32.2. The summed E-state index contributed by atoms with van der Waals surface area (Å²) in [5.74, 6) is -0.310. The number of nitrogens with zero attached hydrogens (tertiary/aromatic N) is 1. The van der Waals surface area contributed by atoms with Crippen molar-refractivity contribution in [3.8, 4) is 0 Å². The van der Waals surface area contributed by atoms with Gasteiger partial charge in [0.25, 0.3) is 5.91 Å². The average Bonchev–Trinajstić information content (AvgIpc) is 2.82. The molecule has 0 radical (unpaired) electrons. The van der Waals surface area contributed by atoms with E-state index in [1.54, 1.807) is 23.1 Å². The molecule has 2 heterocycles. The van der Waals surface area contributed by atoms with Crippen molar-refractivity contribution < 1.29 is 17.6 Å². The first-order chi connectivity index (χ1) is 11.2. The van der Waals surface area contributed by atoms with Crippen molar-refractivity contribution >= 4 is 26.7 Å². The number of benzene rings is 1. The molecule has 1 fully saturated rings. The first kappa shape index (κ1) is 17.0. The van der Waals surface area contributed by atoms with E-state index in [1.165, 1.54) is 0 Å². The van der Waals surface area contributed by atoms with Crippen molar-refractivity contribution in [3.63, 3.8) is 0 Å². The maximum absolute atomic E-state index is 13.0. The number of para-hydroxylation sites is 1. The van der Waals surface area contributed by atoms with Crippen LogP contribution in [-0.2, 0) is 15.6 Å². The minimum absolute atomic E-state index is 0.142. The fourth-order valence-electron chi connectivity index (χ4n) is 3.31. The van der Waals surface area contributed by atoms with Crippen LogP contribution in [0.25, 0.3) is 11.0 Å². The minimum atomic E-state index is -3.29. The van der Waals surface area contributed by atoms with Gasteiger partial charge in [0.1, 0.15) is 5.58 Å². The van der Waals surface area contributed by atoms with Gasteiger partial charge in [0.15, 0.2) is 15.6 Å². The van der Waals surface area contributed by atoms with Crippen LogP contribution < -0.4 is 5.32 Å². The van der Waals surface area contributed by atoms with E-state index in [4.69, 9.17) is 4.42 Å². The molecule has 3 rings (SSSR count). The van der Waals surface area contributed by atoms with Crippen LogP contribution in [0.4, 0.5) is 0 Å². The molecule has 0 spiro atoms. The number of furan rings is 1. The molecule has 130 valence electrons. The van der Waals surface area contributed by atoms with Gasteiger partial charge < -0.3 is 14.6 Å². The molecule has 2 aromatic rings. The zero-order valence-corrected chi connectivity index (χ0v) is 14.9. The Morgan fingerprint density at radius 1 is 1.25 bits per heavy atom. The van der Waals surface area contributed by atoms with Crippen LogP contribution in [0.1, 0.15) is 30.0 Å². The van der Waals surface area contributed by atoms with Crippen molar-refractivity contribution in [2.24, 2.45) is 0 Å². The predicted octanol–water partition coefficient (Wildman–Crippen LogP) is 1.80. The highest BCUT2D eigenvalue weighted by Crippen LogP contribution is 2.29. The summed E-state index contributed by atoms with van der Waals surface area (Å²) in [6.45, 7) is 5.18.